The minimum absolute atomic E-state index is 0.199. The fourth-order valence-electron chi connectivity index (χ4n) is 2.20. The SMILES string of the molecule is Cc1cnn2c1CCC(NS(=O)C(C)(C)C)CC2. The molecule has 18 heavy (non-hydrogen) atoms. The molecule has 0 aromatic carbocycles. The molecule has 2 atom stereocenters. The maximum absolute atomic E-state index is 12.1. The van der Waals surface area contributed by atoms with Gasteiger partial charge in [-0.2, -0.15) is 5.10 Å². The number of aromatic nitrogens is 2. The van der Waals surface area contributed by atoms with Crippen LogP contribution in [0.15, 0.2) is 6.20 Å². The second-order valence-electron chi connectivity index (χ2n) is 6.02. The summed E-state index contributed by atoms with van der Waals surface area (Å²) in [5.74, 6) is 0. The van der Waals surface area contributed by atoms with Crippen LogP contribution in [0.25, 0.3) is 0 Å². The molecule has 0 saturated carbocycles. The van der Waals surface area contributed by atoms with E-state index in [1.165, 1.54) is 11.3 Å². The Morgan fingerprint density at radius 3 is 2.83 bits per heavy atom. The minimum atomic E-state index is -0.981. The topological polar surface area (TPSA) is 46.9 Å². The van der Waals surface area contributed by atoms with Gasteiger partial charge >= 0.3 is 0 Å². The van der Waals surface area contributed by atoms with Crippen molar-refractivity contribution in [2.75, 3.05) is 0 Å². The zero-order chi connectivity index (χ0) is 13.3. The van der Waals surface area contributed by atoms with E-state index in [9.17, 15) is 4.21 Å². The zero-order valence-corrected chi connectivity index (χ0v) is 12.5. The molecule has 0 spiro atoms. The maximum Gasteiger partial charge on any atom is 0.0972 e. The highest BCUT2D eigenvalue weighted by molar-refractivity contribution is 7.84. The van der Waals surface area contributed by atoms with E-state index in [0.29, 0.717) is 6.04 Å². The predicted molar refractivity (Wildman–Crippen MR) is 74.7 cm³/mol. The third kappa shape index (κ3) is 3.01. The molecule has 1 aliphatic rings. The molecule has 0 amide bonds. The third-order valence-electron chi connectivity index (χ3n) is 3.41. The van der Waals surface area contributed by atoms with Gasteiger partial charge in [0.15, 0.2) is 0 Å². The van der Waals surface area contributed by atoms with Gasteiger partial charge < -0.3 is 0 Å². The summed E-state index contributed by atoms with van der Waals surface area (Å²) in [6, 6.07) is 0.325. The molecule has 1 aromatic heterocycles. The Morgan fingerprint density at radius 2 is 2.17 bits per heavy atom. The van der Waals surface area contributed by atoms with E-state index in [0.717, 1.165) is 25.8 Å². The number of hydrogen-bond donors (Lipinski definition) is 1. The van der Waals surface area contributed by atoms with Crippen molar-refractivity contribution in [3.8, 4) is 0 Å². The Bertz CT molecular complexity index is 448. The minimum Gasteiger partial charge on any atom is -0.269 e. The molecule has 2 rings (SSSR count). The highest BCUT2D eigenvalue weighted by atomic mass is 32.2. The molecule has 1 aliphatic heterocycles. The lowest BCUT2D eigenvalue weighted by molar-refractivity contribution is 0.495. The van der Waals surface area contributed by atoms with Crippen LogP contribution in [0.1, 0.15) is 44.9 Å². The van der Waals surface area contributed by atoms with Crippen molar-refractivity contribution < 1.29 is 4.21 Å². The average molecular weight is 269 g/mol. The fourth-order valence-corrected chi connectivity index (χ4v) is 3.09. The number of rotatable bonds is 2. The summed E-state index contributed by atoms with van der Waals surface area (Å²) in [4.78, 5) is 0. The first-order chi connectivity index (χ1) is 8.38. The first kappa shape index (κ1) is 13.7. The monoisotopic (exact) mass is 269 g/mol. The van der Waals surface area contributed by atoms with Gasteiger partial charge in [-0.3, -0.25) is 4.68 Å². The van der Waals surface area contributed by atoms with E-state index >= 15 is 0 Å². The third-order valence-corrected chi connectivity index (χ3v) is 5.07. The Balaban J connectivity index is 1.98. The van der Waals surface area contributed by atoms with Crippen molar-refractivity contribution in [3.63, 3.8) is 0 Å². The molecular formula is C13H23N3OS. The van der Waals surface area contributed by atoms with Gasteiger partial charge in [-0.25, -0.2) is 8.93 Å². The first-order valence-corrected chi connectivity index (χ1v) is 7.72. The standard InChI is InChI=1S/C13H23N3OS/c1-10-9-14-16-8-7-11(5-6-12(10)16)15-18(17)13(2,3)4/h9,11,15H,5-8H2,1-4H3. The average Bonchev–Trinajstić information content (AvgIpc) is 2.51. The molecule has 0 saturated heterocycles. The quantitative estimate of drug-likeness (QED) is 0.892. The summed E-state index contributed by atoms with van der Waals surface area (Å²) in [5.41, 5.74) is 2.61. The van der Waals surface area contributed by atoms with Gasteiger partial charge in [-0.15, -0.1) is 0 Å². The molecule has 102 valence electrons. The zero-order valence-electron chi connectivity index (χ0n) is 11.7. The van der Waals surface area contributed by atoms with E-state index in [1.807, 2.05) is 27.0 Å². The number of fused-ring (bicyclic) bond motifs is 1. The predicted octanol–water partition coefficient (Wildman–Crippen LogP) is 1.95. The lowest BCUT2D eigenvalue weighted by atomic mass is 10.1. The van der Waals surface area contributed by atoms with E-state index in [4.69, 9.17) is 0 Å². The lowest BCUT2D eigenvalue weighted by Gasteiger charge is -2.23. The summed E-state index contributed by atoms with van der Waals surface area (Å²) >= 11 is 0. The second-order valence-corrected chi connectivity index (χ2v) is 8.02. The summed E-state index contributed by atoms with van der Waals surface area (Å²) in [6.45, 7) is 9.04. The molecule has 0 fully saturated rings. The molecule has 1 N–H and O–H groups in total. The van der Waals surface area contributed by atoms with Gasteiger partial charge in [0.1, 0.15) is 0 Å². The Kier molecular flexibility index (Phi) is 3.92. The molecule has 2 unspecified atom stereocenters. The van der Waals surface area contributed by atoms with Crippen molar-refractivity contribution in [2.45, 2.75) is 64.3 Å². The molecule has 4 nitrogen and oxygen atoms in total. The van der Waals surface area contributed by atoms with E-state index < -0.39 is 11.0 Å². The van der Waals surface area contributed by atoms with Gasteiger partial charge in [0.25, 0.3) is 0 Å². The largest absolute Gasteiger partial charge is 0.269 e. The van der Waals surface area contributed by atoms with E-state index in [-0.39, 0.29) is 4.75 Å². The van der Waals surface area contributed by atoms with Crippen LogP contribution in [-0.2, 0) is 24.0 Å². The van der Waals surface area contributed by atoms with Crippen LogP contribution < -0.4 is 4.72 Å². The first-order valence-electron chi connectivity index (χ1n) is 6.57. The molecular weight excluding hydrogens is 246 g/mol. The molecule has 0 bridgehead atoms. The van der Waals surface area contributed by atoms with Crippen LogP contribution in [0, 0.1) is 6.92 Å². The van der Waals surface area contributed by atoms with Gasteiger partial charge in [0.2, 0.25) is 0 Å². The Hall–Kier alpha value is -0.680. The van der Waals surface area contributed by atoms with Crippen LogP contribution in [0.4, 0.5) is 0 Å². The van der Waals surface area contributed by atoms with Crippen LogP contribution in [0.3, 0.4) is 0 Å². The van der Waals surface area contributed by atoms with Crippen molar-refractivity contribution in [2.24, 2.45) is 0 Å². The number of aryl methyl sites for hydroxylation is 2. The smallest absolute Gasteiger partial charge is 0.0972 e. The molecule has 5 heteroatoms. The summed E-state index contributed by atoms with van der Waals surface area (Å²) in [5, 5.41) is 4.39. The van der Waals surface area contributed by atoms with E-state index in [1.54, 1.807) is 0 Å². The van der Waals surface area contributed by atoms with Crippen molar-refractivity contribution in [3.05, 3.63) is 17.5 Å². The highest BCUT2D eigenvalue weighted by Gasteiger charge is 2.24. The number of nitrogens with zero attached hydrogens (tertiary/aromatic N) is 2. The highest BCUT2D eigenvalue weighted by Crippen LogP contribution is 2.19. The molecule has 0 radical (unpaired) electrons. The Labute approximate surface area is 112 Å². The van der Waals surface area contributed by atoms with Crippen molar-refractivity contribution >= 4 is 11.0 Å². The normalized spacial score (nSPS) is 22.3. The maximum atomic E-state index is 12.1. The number of hydrogen-bond acceptors (Lipinski definition) is 2. The summed E-state index contributed by atoms with van der Waals surface area (Å²) in [7, 11) is -0.981. The van der Waals surface area contributed by atoms with Crippen LogP contribution in [-0.4, -0.2) is 24.8 Å². The number of nitrogens with one attached hydrogen (secondary N) is 1. The fraction of sp³-hybridized carbons (Fsp3) is 0.769. The molecule has 0 aliphatic carbocycles. The van der Waals surface area contributed by atoms with Gasteiger partial charge in [-0.1, -0.05) is 0 Å². The van der Waals surface area contributed by atoms with Gasteiger partial charge in [0, 0.05) is 18.3 Å². The summed E-state index contributed by atoms with van der Waals surface area (Å²) in [6.07, 6.45) is 4.99. The van der Waals surface area contributed by atoms with Crippen LogP contribution >= 0.6 is 0 Å². The van der Waals surface area contributed by atoms with E-state index in [2.05, 4.69) is 21.4 Å². The van der Waals surface area contributed by atoms with Crippen molar-refractivity contribution in [1.82, 2.24) is 14.5 Å². The Morgan fingerprint density at radius 1 is 1.44 bits per heavy atom. The lowest BCUT2D eigenvalue weighted by Crippen LogP contribution is -2.40. The second kappa shape index (κ2) is 5.13. The van der Waals surface area contributed by atoms with Gasteiger partial charge in [0.05, 0.1) is 21.9 Å². The van der Waals surface area contributed by atoms with Crippen LogP contribution in [0.2, 0.25) is 0 Å². The van der Waals surface area contributed by atoms with Gasteiger partial charge in [-0.05, 0) is 52.5 Å². The van der Waals surface area contributed by atoms with Crippen molar-refractivity contribution in [1.29, 1.82) is 0 Å². The molecule has 1 aromatic rings. The van der Waals surface area contributed by atoms with Crippen LogP contribution in [0.5, 0.6) is 0 Å². The molecule has 2 heterocycles. The summed E-state index contributed by atoms with van der Waals surface area (Å²) < 4.78 is 17.3.